The summed E-state index contributed by atoms with van der Waals surface area (Å²) in [7, 11) is 0. The van der Waals surface area contributed by atoms with Gasteiger partial charge in [-0.15, -0.1) is 12.4 Å². The zero-order valence-electron chi connectivity index (χ0n) is 13.9. The van der Waals surface area contributed by atoms with Gasteiger partial charge in [0.15, 0.2) is 5.82 Å². The Bertz CT molecular complexity index is 621. The molecule has 1 N–H and O–H groups in total. The molecule has 2 fully saturated rings. The van der Waals surface area contributed by atoms with Crippen molar-refractivity contribution in [2.45, 2.75) is 38.3 Å². The molecule has 1 aliphatic heterocycles. The van der Waals surface area contributed by atoms with Crippen LogP contribution in [0, 0.1) is 5.92 Å². The van der Waals surface area contributed by atoms with E-state index >= 15 is 0 Å². The smallest absolute Gasteiger partial charge is 0.257 e. The van der Waals surface area contributed by atoms with Crippen LogP contribution in [-0.2, 0) is 6.54 Å². The second-order valence-electron chi connectivity index (χ2n) is 6.78. The van der Waals surface area contributed by atoms with Crippen LogP contribution in [-0.4, -0.2) is 40.7 Å². The van der Waals surface area contributed by atoms with Gasteiger partial charge in [0.1, 0.15) is 0 Å². The Labute approximate surface area is 149 Å². The van der Waals surface area contributed by atoms with E-state index in [0.29, 0.717) is 11.9 Å². The number of likely N-dealkylation sites (tertiary alicyclic amines) is 1. The van der Waals surface area contributed by atoms with Crippen molar-refractivity contribution in [2.24, 2.45) is 5.92 Å². The van der Waals surface area contributed by atoms with Crippen LogP contribution in [0.4, 0.5) is 0 Å². The van der Waals surface area contributed by atoms with Crippen LogP contribution >= 0.6 is 12.4 Å². The summed E-state index contributed by atoms with van der Waals surface area (Å²) in [5.74, 6) is 2.36. The molecule has 1 saturated carbocycles. The van der Waals surface area contributed by atoms with E-state index < -0.39 is 0 Å². The number of nitrogens with zero attached hydrogens (tertiary/aromatic N) is 3. The first-order chi connectivity index (χ1) is 11.4. The van der Waals surface area contributed by atoms with Gasteiger partial charge in [-0.3, -0.25) is 4.90 Å². The molecular formula is C18H25ClN4O. The molecule has 0 unspecified atom stereocenters. The maximum absolute atomic E-state index is 5.39. The maximum Gasteiger partial charge on any atom is 0.257 e. The van der Waals surface area contributed by atoms with Crippen molar-refractivity contribution in [1.29, 1.82) is 0 Å². The second-order valence-corrected chi connectivity index (χ2v) is 6.78. The molecular weight excluding hydrogens is 324 g/mol. The van der Waals surface area contributed by atoms with E-state index in [0.717, 1.165) is 36.9 Å². The molecule has 2 aliphatic rings. The number of benzene rings is 1. The Morgan fingerprint density at radius 2 is 1.83 bits per heavy atom. The van der Waals surface area contributed by atoms with E-state index in [2.05, 4.69) is 20.4 Å². The third-order valence-corrected chi connectivity index (χ3v) is 4.83. The molecule has 1 aliphatic carbocycles. The fourth-order valence-electron chi connectivity index (χ4n) is 3.17. The fraction of sp³-hybridized carbons (Fsp3) is 0.556. The summed E-state index contributed by atoms with van der Waals surface area (Å²) in [5, 5.41) is 7.85. The quantitative estimate of drug-likeness (QED) is 0.869. The molecule has 5 nitrogen and oxygen atoms in total. The number of halogens is 1. The molecule has 4 rings (SSSR count). The van der Waals surface area contributed by atoms with Crippen molar-refractivity contribution in [3.8, 4) is 11.5 Å². The summed E-state index contributed by atoms with van der Waals surface area (Å²) in [6.45, 7) is 4.22. The van der Waals surface area contributed by atoms with Crippen molar-refractivity contribution in [3.05, 3.63) is 36.2 Å². The summed E-state index contributed by atoms with van der Waals surface area (Å²) in [4.78, 5) is 6.95. The first kappa shape index (κ1) is 17.4. The van der Waals surface area contributed by atoms with Gasteiger partial charge in [0, 0.05) is 24.7 Å². The zero-order chi connectivity index (χ0) is 15.5. The predicted octanol–water partition coefficient (Wildman–Crippen LogP) is 3.12. The fourth-order valence-corrected chi connectivity index (χ4v) is 3.17. The number of hydrogen-bond acceptors (Lipinski definition) is 5. The molecule has 1 aromatic carbocycles. The lowest BCUT2D eigenvalue weighted by Gasteiger charge is -2.31. The van der Waals surface area contributed by atoms with E-state index in [9.17, 15) is 0 Å². The van der Waals surface area contributed by atoms with E-state index in [1.807, 2.05) is 30.3 Å². The molecule has 0 radical (unpaired) electrons. The van der Waals surface area contributed by atoms with Crippen molar-refractivity contribution in [1.82, 2.24) is 20.4 Å². The molecule has 0 atom stereocenters. The lowest BCUT2D eigenvalue weighted by Crippen LogP contribution is -2.42. The SMILES string of the molecule is Cl.c1ccc(-c2nc(CN3CCC(NCC4CC4)CC3)no2)cc1. The zero-order valence-corrected chi connectivity index (χ0v) is 14.7. The Balaban J connectivity index is 0.00000169. The van der Waals surface area contributed by atoms with Gasteiger partial charge in [-0.2, -0.15) is 4.98 Å². The van der Waals surface area contributed by atoms with E-state index in [-0.39, 0.29) is 12.4 Å². The standard InChI is InChI=1S/C18H24N4O.ClH/c1-2-4-15(5-3-1)18-20-17(21-23-18)13-22-10-8-16(9-11-22)19-12-14-6-7-14;/h1-5,14,16,19H,6-13H2;1H. The Morgan fingerprint density at radius 3 is 2.54 bits per heavy atom. The highest BCUT2D eigenvalue weighted by Crippen LogP contribution is 2.28. The minimum atomic E-state index is 0. The molecule has 1 saturated heterocycles. The molecule has 130 valence electrons. The average molecular weight is 349 g/mol. The molecule has 2 aromatic rings. The van der Waals surface area contributed by atoms with Crippen LogP contribution in [0.15, 0.2) is 34.9 Å². The molecule has 0 amide bonds. The van der Waals surface area contributed by atoms with Crippen LogP contribution in [0.25, 0.3) is 11.5 Å². The van der Waals surface area contributed by atoms with E-state index in [1.54, 1.807) is 0 Å². The highest BCUT2D eigenvalue weighted by Gasteiger charge is 2.24. The van der Waals surface area contributed by atoms with E-state index in [4.69, 9.17) is 4.52 Å². The van der Waals surface area contributed by atoms with E-state index in [1.165, 1.54) is 32.2 Å². The van der Waals surface area contributed by atoms with Crippen molar-refractivity contribution < 1.29 is 4.52 Å². The normalized spacial score (nSPS) is 19.2. The van der Waals surface area contributed by atoms with Crippen molar-refractivity contribution in [2.75, 3.05) is 19.6 Å². The molecule has 1 aromatic heterocycles. The summed E-state index contributed by atoms with van der Waals surface area (Å²) in [6.07, 6.45) is 5.28. The van der Waals surface area contributed by atoms with Crippen molar-refractivity contribution in [3.63, 3.8) is 0 Å². The van der Waals surface area contributed by atoms with Gasteiger partial charge in [0.05, 0.1) is 6.54 Å². The largest absolute Gasteiger partial charge is 0.334 e. The van der Waals surface area contributed by atoms with Gasteiger partial charge >= 0.3 is 0 Å². The van der Waals surface area contributed by atoms with Gasteiger partial charge in [0.25, 0.3) is 5.89 Å². The first-order valence-corrected chi connectivity index (χ1v) is 8.70. The number of hydrogen-bond donors (Lipinski definition) is 1. The van der Waals surface area contributed by atoms with Gasteiger partial charge in [-0.05, 0) is 50.3 Å². The highest BCUT2D eigenvalue weighted by molar-refractivity contribution is 5.85. The topological polar surface area (TPSA) is 54.2 Å². The molecule has 24 heavy (non-hydrogen) atoms. The van der Waals surface area contributed by atoms with Crippen LogP contribution in [0.1, 0.15) is 31.5 Å². The lowest BCUT2D eigenvalue weighted by molar-refractivity contribution is 0.184. The third-order valence-electron chi connectivity index (χ3n) is 4.83. The van der Waals surface area contributed by atoms with Crippen molar-refractivity contribution >= 4 is 12.4 Å². The molecule has 6 heteroatoms. The summed E-state index contributed by atoms with van der Waals surface area (Å²) >= 11 is 0. The highest BCUT2D eigenvalue weighted by atomic mass is 35.5. The first-order valence-electron chi connectivity index (χ1n) is 8.70. The predicted molar refractivity (Wildman–Crippen MR) is 96.0 cm³/mol. The van der Waals surface area contributed by atoms with Crippen LogP contribution in [0.3, 0.4) is 0 Å². The summed E-state index contributed by atoms with van der Waals surface area (Å²) in [5.41, 5.74) is 0.981. The van der Waals surface area contributed by atoms with Gasteiger partial charge in [0.2, 0.25) is 0 Å². The number of piperidine rings is 1. The number of nitrogens with one attached hydrogen (secondary N) is 1. The Kier molecular flexibility index (Phi) is 5.87. The monoisotopic (exact) mass is 348 g/mol. The Morgan fingerprint density at radius 1 is 1.08 bits per heavy atom. The Hall–Kier alpha value is -1.43. The summed E-state index contributed by atoms with van der Waals surface area (Å²) in [6, 6.07) is 10.6. The minimum absolute atomic E-state index is 0. The lowest BCUT2D eigenvalue weighted by atomic mass is 10.0. The van der Waals surface area contributed by atoms with Gasteiger partial charge in [-0.1, -0.05) is 23.4 Å². The maximum atomic E-state index is 5.39. The molecule has 2 heterocycles. The number of aromatic nitrogens is 2. The summed E-state index contributed by atoms with van der Waals surface area (Å²) < 4.78 is 5.39. The second kappa shape index (κ2) is 8.10. The minimum Gasteiger partial charge on any atom is -0.334 e. The van der Waals surface area contributed by atoms with Crippen LogP contribution in [0.5, 0.6) is 0 Å². The van der Waals surface area contributed by atoms with Gasteiger partial charge in [-0.25, -0.2) is 0 Å². The number of rotatable bonds is 6. The average Bonchev–Trinajstić information content (AvgIpc) is 3.32. The van der Waals surface area contributed by atoms with Gasteiger partial charge < -0.3 is 9.84 Å². The van der Waals surface area contributed by atoms with Crippen LogP contribution < -0.4 is 5.32 Å². The third kappa shape index (κ3) is 4.56. The van der Waals surface area contributed by atoms with Crippen LogP contribution in [0.2, 0.25) is 0 Å². The molecule has 0 bridgehead atoms. The molecule has 0 spiro atoms.